The second kappa shape index (κ2) is 7.05. The number of pyridine rings is 1. The smallest absolute Gasteiger partial charge is 0.272 e. The number of likely N-dealkylation sites (N-methyl/N-ethyl adjacent to an activating group) is 1. The monoisotopic (exact) mass is 274 g/mol. The van der Waals surface area contributed by atoms with Crippen molar-refractivity contribution in [1.82, 2.24) is 14.8 Å². The van der Waals surface area contributed by atoms with Crippen LogP contribution in [0.15, 0.2) is 31.0 Å². The van der Waals surface area contributed by atoms with E-state index >= 15 is 0 Å². The number of piperazine rings is 1. The second-order valence-electron chi connectivity index (χ2n) is 4.83. The first kappa shape index (κ1) is 14.5. The number of amides is 1. The topological polar surface area (TPSA) is 48.5 Å². The molecule has 1 amide bonds. The Morgan fingerprint density at radius 3 is 2.70 bits per heavy atom. The van der Waals surface area contributed by atoms with E-state index in [0.29, 0.717) is 12.2 Å². The lowest BCUT2D eigenvalue weighted by molar-refractivity contribution is 0.0637. The maximum atomic E-state index is 12.3. The number of anilines is 1. The summed E-state index contributed by atoms with van der Waals surface area (Å²) in [6.07, 6.45) is 3.48. The predicted octanol–water partition coefficient (Wildman–Crippen LogP) is 1.46. The number of hydrogen-bond donors (Lipinski definition) is 1. The Kier molecular flexibility index (Phi) is 5.12. The molecule has 5 nitrogen and oxygen atoms in total. The lowest BCUT2D eigenvalue weighted by Crippen LogP contribution is -2.48. The standard InChI is InChI=1S/C15H22N4O/c1-3-7-16-13-5-6-14(17-12-13)15(20)19-10-8-18(4-2)9-11-19/h3,5-6,12,16H,1,4,7-11H2,2H3. The molecule has 20 heavy (non-hydrogen) atoms. The Balaban J connectivity index is 1.94. The van der Waals surface area contributed by atoms with Crippen LogP contribution in [0.5, 0.6) is 0 Å². The van der Waals surface area contributed by atoms with Crippen LogP contribution in [0.25, 0.3) is 0 Å². The van der Waals surface area contributed by atoms with Crippen LogP contribution in [0.1, 0.15) is 17.4 Å². The van der Waals surface area contributed by atoms with E-state index in [4.69, 9.17) is 0 Å². The Bertz CT molecular complexity index is 449. The van der Waals surface area contributed by atoms with Gasteiger partial charge in [0.2, 0.25) is 0 Å². The van der Waals surface area contributed by atoms with Crippen molar-refractivity contribution in [3.8, 4) is 0 Å². The van der Waals surface area contributed by atoms with Gasteiger partial charge in [-0.05, 0) is 18.7 Å². The summed E-state index contributed by atoms with van der Waals surface area (Å²) in [5.74, 6) is 0.0241. The highest BCUT2D eigenvalue weighted by atomic mass is 16.2. The summed E-state index contributed by atoms with van der Waals surface area (Å²) in [7, 11) is 0. The third kappa shape index (κ3) is 3.57. The summed E-state index contributed by atoms with van der Waals surface area (Å²) < 4.78 is 0. The average molecular weight is 274 g/mol. The van der Waals surface area contributed by atoms with Crippen LogP contribution >= 0.6 is 0 Å². The molecule has 1 aliphatic rings. The molecule has 0 unspecified atom stereocenters. The summed E-state index contributed by atoms with van der Waals surface area (Å²) in [4.78, 5) is 20.8. The highest BCUT2D eigenvalue weighted by Crippen LogP contribution is 2.10. The highest BCUT2D eigenvalue weighted by molar-refractivity contribution is 5.92. The zero-order chi connectivity index (χ0) is 14.4. The third-order valence-corrected chi connectivity index (χ3v) is 3.54. The van der Waals surface area contributed by atoms with Gasteiger partial charge in [0.1, 0.15) is 5.69 Å². The van der Waals surface area contributed by atoms with Crippen molar-refractivity contribution in [1.29, 1.82) is 0 Å². The molecule has 0 saturated carbocycles. The summed E-state index contributed by atoms with van der Waals surface area (Å²) in [5.41, 5.74) is 1.41. The number of hydrogen-bond acceptors (Lipinski definition) is 4. The Morgan fingerprint density at radius 1 is 1.40 bits per heavy atom. The summed E-state index contributed by atoms with van der Waals surface area (Å²) >= 11 is 0. The summed E-state index contributed by atoms with van der Waals surface area (Å²) in [6.45, 7) is 11.0. The first-order valence-electron chi connectivity index (χ1n) is 7.07. The molecule has 2 heterocycles. The van der Waals surface area contributed by atoms with E-state index in [9.17, 15) is 4.79 Å². The molecular weight excluding hydrogens is 252 g/mol. The van der Waals surface area contributed by atoms with Crippen molar-refractivity contribution in [3.63, 3.8) is 0 Å². The maximum Gasteiger partial charge on any atom is 0.272 e. The van der Waals surface area contributed by atoms with Gasteiger partial charge in [-0.1, -0.05) is 13.0 Å². The predicted molar refractivity (Wildman–Crippen MR) is 80.9 cm³/mol. The van der Waals surface area contributed by atoms with Gasteiger partial charge < -0.3 is 15.1 Å². The van der Waals surface area contributed by atoms with E-state index in [1.807, 2.05) is 11.0 Å². The van der Waals surface area contributed by atoms with E-state index in [0.717, 1.165) is 38.4 Å². The third-order valence-electron chi connectivity index (χ3n) is 3.54. The Hall–Kier alpha value is -1.88. The van der Waals surface area contributed by atoms with Crippen molar-refractivity contribution in [2.75, 3.05) is 44.6 Å². The highest BCUT2D eigenvalue weighted by Gasteiger charge is 2.21. The van der Waals surface area contributed by atoms with Gasteiger partial charge in [0.15, 0.2) is 0 Å². The van der Waals surface area contributed by atoms with Crippen molar-refractivity contribution in [2.24, 2.45) is 0 Å². The van der Waals surface area contributed by atoms with E-state index in [1.165, 1.54) is 0 Å². The molecular formula is C15H22N4O. The van der Waals surface area contributed by atoms with Crippen LogP contribution in [-0.4, -0.2) is 60.0 Å². The SMILES string of the molecule is C=CCNc1ccc(C(=O)N2CCN(CC)CC2)nc1. The molecule has 2 rings (SSSR count). The minimum absolute atomic E-state index is 0.0241. The average Bonchev–Trinajstić information content (AvgIpc) is 2.53. The molecule has 0 aromatic carbocycles. The van der Waals surface area contributed by atoms with Gasteiger partial charge in [-0.15, -0.1) is 6.58 Å². The maximum absolute atomic E-state index is 12.3. The zero-order valence-corrected chi connectivity index (χ0v) is 12.0. The van der Waals surface area contributed by atoms with Crippen molar-refractivity contribution in [2.45, 2.75) is 6.92 Å². The first-order chi connectivity index (χ1) is 9.74. The number of carbonyl (C=O) groups is 1. The molecule has 0 spiro atoms. The van der Waals surface area contributed by atoms with Gasteiger partial charge in [-0.25, -0.2) is 4.98 Å². The van der Waals surface area contributed by atoms with Crippen molar-refractivity contribution in [3.05, 3.63) is 36.7 Å². The lowest BCUT2D eigenvalue weighted by Gasteiger charge is -2.33. The summed E-state index contributed by atoms with van der Waals surface area (Å²) in [6, 6.07) is 3.66. The molecule has 1 saturated heterocycles. The lowest BCUT2D eigenvalue weighted by atomic mass is 10.2. The van der Waals surface area contributed by atoms with Crippen LogP contribution < -0.4 is 5.32 Å². The van der Waals surface area contributed by atoms with E-state index < -0.39 is 0 Å². The molecule has 0 radical (unpaired) electrons. The molecule has 1 aliphatic heterocycles. The minimum Gasteiger partial charge on any atom is -0.380 e. The zero-order valence-electron chi connectivity index (χ0n) is 12.0. The molecule has 1 aromatic rings. The molecule has 1 N–H and O–H groups in total. The normalized spacial score (nSPS) is 15.9. The molecule has 108 valence electrons. The Labute approximate surface area is 120 Å². The van der Waals surface area contributed by atoms with Crippen LogP contribution in [0, 0.1) is 0 Å². The largest absolute Gasteiger partial charge is 0.380 e. The number of nitrogens with one attached hydrogen (secondary N) is 1. The van der Waals surface area contributed by atoms with Crippen LogP contribution in [0.4, 0.5) is 5.69 Å². The van der Waals surface area contributed by atoms with E-state index in [1.54, 1.807) is 18.3 Å². The van der Waals surface area contributed by atoms with E-state index in [2.05, 4.69) is 28.7 Å². The fourth-order valence-electron chi connectivity index (χ4n) is 2.24. The van der Waals surface area contributed by atoms with Crippen molar-refractivity contribution < 1.29 is 4.79 Å². The molecule has 0 atom stereocenters. The number of rotatable bonds is 5. The number of carbonyl (C=O) groups excluding carboxylic acids is 1. The van der Waals surface area contributed by atoms with Crippen LogP contribution in [0.3, 0.4) is 0 Å². The van der Waals surface area contributed by atoms with Gasteiger partial charge >= 0.3 is 0 Å². The molecule has 1 aromatic heterocycles. The Morgan fingerprint density at radius 2 is 2.15 bits per heavy atom. The van der Waals surface area contributed by atoms with Crippen molar-refractivity contribution >= 4 is 11.6 Å². The minimum atomic E-state index is 0.0241. The fourth-order valence-corrected chi connectivity index (χ4v) is 2.24. The second-order valence-corrected chi connectivity index (χ2v) is 4.83. The first-order valence-corrected chi connectivity index (χ1v) is 7.07. The number of aromatic nitrogens is 1. The summed E-state index contributed by atoms with van der Waals surface area (Å²) in [5, 5.41) is 3.14. The van der Waals surface area contributed by atoms with Gasteiger partial charge in [0, 0.05) is 32.7 Å². The van der Waals surface area contributed by atoms with Gasteiger partial charge in [-0.2, -0.15) is 0 Å². The van der Waals surface area contributed by atoms with E-state index in [-0.39, 0.29) is 5.91 Å². The van der Waals surface area contributed by atoms with Crippen LogP contribution in [-0.2, 0) is 0 Å². The quantitative estimate of drug-likeness (QED) is 0.826. The molecule has 5 heteroatoms. The van der Waals surface area contributed by atoms with Crippen LogP contribution in [0.2, 0.25) is 0 Å². The van der Waals surface area contributed by atoms with Gasteiger partial charge in [0.05, 0.1) is 11.9 Å². The molecule has 0 aliphatic carbocycles. The molecule has 0 bridgehead atoms. The fraction of sp³-hybridized carbons (Fsp3) is 0.467. The number of nitrogens with zero attached hydrogens (tertiary/aromatic N) is 3. The van der Waals surface area contributed by atoms with Gasteiger partial charge in [0.25, 0.3) is 5.91 Å². The molecule has 1 fully saturated rings. The van der Waals surface area contributed by atoms with Gasteiger partial charge in [-0.3, -0.25) is 4.79 Å².